The fourth-order valence-corrected chi connectivity index (χ4v) is 3.70. The Morgan fingerprint density at radius 2 is 1.62 bits per heavy atom. The van der Waals surface area contributed by atoms with E-state index in [9.17, 15) is 9.59 Å². The van der Waals surface area contributed by atoms with Gasteiger partial charge in [-0.15, -0.1) is 5.10 Å². The van der Waals surface area contributed by atoms with Crippen molar-refractivity contribution in [1.82, 2.24) is 24.8 Å². The van der Waals surface area contributed by atoms with Crippen molar-refractivity contribution in [1.29, 1.82) is 0 Å². The zero-order valence-corrected chi connectivity index (χ0v) is 18.2. The topological polar surface area (TPSA) is 80.6 Å². The van der Waals surface area contributed by atoms with Gasteiger partial charge in [0.2, 0.25) is 0 Å². The van der Waals surface area contributed by atoms with Crippen LogP contribution in [0.2, 0.25) is 0 Å². The summed E-state index contributed by atoms with van der Waals surface area (Å²) in [5, 5.41) is 8.84. The Morgan fingerprint density at radius 1 is 0.906 bits per heavy atom. The van der Waals surface area contributed by atoms with E-state index < -0.39 is 0 Å². The summed E-state index contributed by atoms with van der Waals surface area (Å²) < 4.78 is 5.39. The van der Waals surface area contributed by atoms with Crippen molar-refractivity contribution in [3.63, 3.8) is 0 Å². The van der Waals surface area contributed by atoms with Crippen LogP contribution < -0.4 is 0 Å². The van der Waals surface area contributed by atoms with Gasteiger partial charge in [-0.1, -0.05) is 48.5 Å². The number of para-hydroxylation sites is 1. The lowest BCUT2D eigenvalue weighted by molar-refractivity contribution is -0.146. The Balaban J connectivity index is 1.31. The molecule has 0 N–H and O–H groups in total. The minimum atomic E-state index is -0.254. The normalized spacial score (nSPS) is 14.7. The minimum absolute atomic E-state index is 0.127. The second-order valence-electron chi connectivity index (χ2n) is 7.83. The fourth-order valence-electron chi connectivity index (χ4n) is 3.70. The highest BCUT2D eigenvalue weighted by atomic mass is 16.5. The molecule has 3 aromatic rings. The van der Waals surface area contributed by atoms with Crippen molar-refractivity contribution >= 4 is 11.9 Å². The molecule has 2 aromatic carbocycles. The first-order valence-electron chi connectivity index (χ1n) is 10.8. The highest BCUT2D eigenvalue weighted by Crippen LogP contribution is 2.13. The maximum absolute atomic E-state index is 13.1. The third-order valence-corrected chi connectivity index (χ3v) is 5.44. The van der Waals surface area contributed by atoms with Gasteiger partial charge in [-0.2, -0.15) is 9.90 Å². The van der Waals surface area contributed by atoms with Crippen LogP contribution in [0.3, 0.4) is 0 Å². The SMILES string of the molecule is Cc1nn(-c2ccccc2)nc1C(=O)N1CCCN(CC(=O)OCc2ccccc2)CC1. The first-order valence-corrected chi connectivity index (χ1v) is 10.8. The van der Waals surface area contributed by atoms with Gasteiger partial charge in [-0.05, 0) is 31.0 Å². The highest BCUT2D eigenvalue weighted by molar-refractivity contribution is 5.93. The summed E-state index contributed by atoms with van der Waals surface area (Å²) in [6.07, 6.45) is 0.781. The van der Waals surface area contributed by atoms with Crippen LogP contribution in [-0.4, -0.2) is 69.4 Å². The summed E-state index contributed by atoms with van der Waals surface area (Å²) in [5.74, 6) is -0.381. The van der Waals surface area contributed by atoms with Crippen LogP contribution >= 0.6 is 0 Å². The summed E-state index contributed by atoms with van der Waals surface area (Å²) >= 11 is 0. The van der Waals surface area contributed by atoms with Gasteiger partial charge in [0.1, 0.15) is 6.61 Å². The van der Waals surface area contributed by atoms with E-state index in [1.165, 1.54) is 4.80 Å². The number of ether oxygens (including phenoxy) is 1. The van der Waals surface area contributed by atoms with Crippen LogP contribution in [0.5, 0.6) is 0 Å². The molecule has 0 saturated carbocycles. The van der Waals surface area contributed by atoms with Crippen LogP contribution in [0.4, 0.5) is 0 Å². The Labute approximate surface area is 187 Å². The monoisotopic (exact) mass is 433 g/mol. The lowest BCUT2D eigenvalue weighted by Gasteiger charge is -2.21. The van der Waals surface area contributed by atoms with Crippen LogP contribution in [0.1, 0.15) is 28.2 Å². The van der Waals surface area contributed by atoms with Crippen LogP contribution in [0.25, 0.3) is 5.69 Å². The summed E-state index contributed by atoms with van der Waals surface area (Å²) in [4.78, 5) is 30.7. The first kappa shape index (κ1) is 21.7. The lowest BCUT2D eigenvalue weighted by Crippen LogP contribution is -2.37. The van der Waals surface area contributed by atoms with Gasteiger partial charge >= 0.3 is 5.97 Å². The lowest BCUT2D eigenvalue weighted by atomic mass is 10.2. The molecule has 1 aromatic heterocycles. The molecular formula is C24H27N5O3. The van der Waals surface area contributed by atoms with E-state index in [4.69, 9.17) is 4.74 Å². The Morgan fingerprint density at radius 3 is 2.38 bits per heavy atom. The first-order chi connectivity index (χ1) is 15.6. The van der Waals surface area contributed by atoms with Gasteiger partial charge in [0.05, 0.1) is 17.9 Å². The van der Waals surface area contributed by atoms with Crippen LogP contribution in [0.15, 0.2) is 60.7 Å². The average Bonchev–Trinajstić information content (AvgIpc) is 3.06. The number of rotatable bonds is 6. The molecule has 4 rings (SSSR count). The van der Waals surface area contributed by atoms with Gasteiger partial charge in [0.15, 0.2) is 5.69 Å². The number of carbonyl (C=O) groups is 2. The van der Waals surface area contributed by atoms with E-state index >= 15 is 0 Å². The largest absolute Gasteiger partial charge is 0.460 e. The van der Waals surface area contributed by atoms with Crippen LogP contribution in [0, 0.1) is 6.92 Å². The molecular weight excluding hydrogens is 406 g/mol. The molecule has 0 unspecified atom stereocenters. The van der Waals surface area contributed by atoms with Gasteiger partial charge in [0, 0.05) is 26.2 Å². The summed E-state index contributed by atoms with van der Waals surface area (Å²) in [5.41, 5.74) is 2.74. The van der Waals surface area contributed by atoms with E-state index in [0.717, 1.165) is 24.2 Å². The molecule has 1 aliphatic heterocycles. The van der Waals surface area contributed by atoms with Crippen molar-refractivity contribution in [3.05, 3.63) is 77.6 Å². The molecule has 8 heteroatoms. The Hall–Kier alpha value is -3.52. The number of carbonyl (C=O) groups excluding carboxylic acids is 2. The van der Waals surface area contributed by atoms with Crippen molar-refractivity contribution < 1.29 is 14.3 Å². The Kier molecular flexibility index (Phi) is 6.91. The second kappa shape index (κ2) is 10.2. The number of hydrogen-bond donors (Lipinski definition) is 0. The van der Waals surface area contributed by atoms with E-state index in [-0.39, 0.29) is 25.0 Å². The van der Waals surface area contributed by atoms with Gasteiger partial charge in [-0.3, -0.25) is 14.5 Å². The van der Waals surface area contributed by atoms with Crippen molar-refractivity contribution in [2.24, 2.45) is 0 Å². The van der Waals surface area contributed by atoms with Gasteiger partial charge in [-0.25, -0.2) is 0 Å². The van der Waals surface area contributed by atoms with Gasteiger partial charge in [0.25, 0.3) is 5.91 Å². The summed E-state index contributed by atoms with van der Waals surface area (Å²) in [6.45, 7) is 4.78. The fraction of sp³-hybridized carbons (Fsp3) is 0.333. The zero-order chi connectivity index (χ0) is 22.3. The van der Waals surface area contributed by atoms with Gasteiger partial charge < -0.3 is 9.64 Å². The number of aryl methyl sites for hydroxylation is 1. The van der Waals surface area contributed by atoms with E-state index in [1.54, 1.807) is 11.8 Å². The predicted octanol–water partition coefficient (Wildman–Crippen LogP) is 2.47. The van der Waals surface area contributed by atoms with Crippen molar-refractivity contribution in [2.45, 2.75) is 20.0 Å². The molecule has 32 heavy (non-hydrogen) atoms. The van der Waals surface area contributed by atoms with Crippen molar-refractivity contribution in [2.75, 3.05) is 32.7 Å². The third-order valence-electron chi connectivity index (χ3n) is 5.44. The standard InChI is InChI=1S/C24H27N5O3/c1-19-23(26-29(25-19)21-11-6-3-7-12-21)24(31)28-14-8-13-27(15-16-28)17-22(30)32-18-20-9-4-2-5-10-20/h2-7,9-12H,8,13-18H2,1H3. The molecule has 0 aliphatic carbocycles. The smallest absolute Gasteiger partial charge is 0.320 e. The van der Waals surface area contributed by atoms with Crippen LogP contribution in [-0.2, 0) is 16.1 Å². The maximum atomic E-state index is 13.1. The molecule has 1 aliphatic rings. The molecule has 1 saturated heterocycles. The highest BCUT2D eigenvalue weighted by Gasteiger charge is 2.25. The molecule has 2 heterocycles. The minimum Gasteiger partial charge on any atom is -0.460 e. The number of nitrogens with zero attached hydrogens (tertiary/aromatic N) is 5. The number of amides is 1. The quantitative estimate of drug-likeness (QED) is 0.556. The number of benzene rings is 2. The zero-order valence-electron chi connectivity index (χ0n) is 18.2. The van der Waals surface area contributed by atoms with E-state index in [2.05, 4.69) is 10.2 Å². The summed E-state index contributed by atoms with van der Waals surface area (Å²) in [6, 6.07) is 19.2. The van der Waals surface area contributed by atoms with Crippen molar-refractivity contribution in [3.8, 4) is 5.69 Å². The Bertz CT molecular complexity index is 1050. The second-order valence-corrected chi connectivity index (χ2v) is 7.83. The summed E-state index contributed by atoms with van der Waals surface area (Å²) in [7, 11) is 0. The molecule has 0 atom stereocenters. The molecule has 8 nitrogen and oxygen atoms in total. The number of aromatic nitrogens is 3. The molecule has 0 bridgehead atoms. The number of hydrogen-bond acceptors (Lipinski definition) is 6. The average molecular weight is 434 g/mol. The molecule has 1 amide bonds. The molecule has 166 valence electrons. The molecule has 1 fully saturated rings. The maximum Gasteiger partial charge on any atom is 0.320 e. The molecule has 0 radical (unpaired) electrons. The van der Waals surface area contributed by atoms with E-state index in [1.807, 2.05) is 65.6 Å². The number of esters is 1. The van der Waals surface area contributed by atoms with E-state index in [0.29, 0.717) is 31.0 Å². The third kappa shape index (κ3) is 5.39. The molecule has 0 spiro atoms. The predicted molar refractivity (Wildman–Crippen MR) is 119 cm³/mol.